The van der Waals surface area contributed by atoms with Gasteiger partial charge in [0, 0.05) is 14.8 Å². The van der Waals surface area contributed by atoms with Crippen LogP contribution in [0.3, 0.4) is 0 Å². The SMILES string of the molecule is Cc1cc([C@H](C)NC(=O)[C@H](NC(=O)c2ccc(Cl)cc2Cl)C(C)C)c(C)s1. The highest BCUT2D eigenvalue weighted by atomic mass is 35.5. The van der Waals surface area contributed by atoms with E-state index in [0.717, 1.165) is 5.56 Å². The number of carbonyl (C=O) groups is 2. The molecule has 0 fully saturated rings. The summed E-state index contributed by atoms with van der Waals surface area (Å²) < 4.78 is 0. The number of rotatable bonds is 6. The van der Waals surface area contributed by atoms with Crippen LogP contribution in [0.4, 0.5) is 0 Å². The second kappa shape index (κ2) is 9.09. The number of carbonyl (C=O) groups excluding carboxylic acids is 2. The first-order valence-electron chi connectivity index (χ1n) is 8.73. The van der Waals surface area contributed by atoms with Crippen molar-refractivity contribution in [2.75, 3.05) is 0 Å². The summed E-state index contributed by atoms with van der Waals surface area (Å²) in [5, 5.41) is 6.50. The minimum Gasteiger partial charge on any atom is -0.348 e. The largest absolute Gasteiger partial charge is 0.348 e. The molecule has 1 heterocycles. The van der Waals surface area contributed by atoms with Gasteiger partial charge in [-0.3, -0.25) is 9.59 Å². The lowest BCUT2D eigenvalue weighted by molar-refractivity contribution is -0.124. The van der Waals surface area contributed by atoms with Crippen LogP contribution < -0.4 is 10.6 Å². The molecule has 4 nitrogen and oxygen atoms in total. The highest BCUT2D eigenvalue weighted by molar-refractivity contribution is 7.12. The Kier molecular flexibility index (Phi) is 7.32. The van der Waals surface area contributed by atoms with E-state index in [4.69, 9.17) is 23.2 Å². The molecular formula is C20H24Cl2N2O2S. The molecule has 0 saturated heterocycles. The number of aryl methyl sites for hydroxylation is 2. The molecule has 0 radical (unpaired) electrons. The summed E-state index contributed by atoms with van der Waals surface area (Å²) in [6.07, 6.45) is 0. The molecule has 2 rings (SSSR count). The standard InChI is InChI=1S/C20H24Cl2N2O2S/c1-10(2)18(24-19(25)15-7-6-14(21)9-17(15)22)20(26)23-12(4)16-8-11(3)27-13(16)5/h6-10,12,18H,1-5H3,(H,23,26)(H,24,25)/t12-,18+/m0/s1. The van der Waals surface area contributed by atoms with Crippen molar-refractivity contribution < 1.29 is 9.59 Å². The van der Waals surface area contributed by atoms with E-state index in [0.29, 0.717) is 5.02 Å². The summed E-state index contributed by atoms with van der Waals surface area (Å²) in [5.41, 5.74) is 1.39. The molecule has 7 heteroatoms. The number of hydrogen-bond acceptors (Lipinski definition) is 3. The fourth-order valence-electron chi connectivity index (χ4n) is 2.89. The Morgan fingerprint density at radius 2 is 1.70 bits per heavy atom. The van der Waals surface area contributed by atoms with Gasteiger partial charge in [-0.15, -0.1) is 11.3 Å². The van der Waals surface area contributed by atoms with Crippen LogP contribution >= 0.6 is 34.5 Å². The Morgan fingerprint density at radius 3 is 2.22 bits per heavy atom. The van der Waals surface area contributed by atoms with Gasteiger partial charge in [0.05, 0.1) is 16.6 Å². The Labute approximate surface area is 174 Å². The average molecular weight is 427 g/mol. The topological polar surface area (TPSA) is 58.2 Å². The van der Waals surface area contributed by atoms with Crippen LogP contribution in [0.15, 0.2) is 24.3 Å². The second-order valence-electron chi connectivity index (χ2n) is 6.92. The normalized spacial score (nSPS) is 13.3. The molecule has 2 amide bonds. The van der Waals surface area contributed by atoms with Gasteiger partial charge in [0.2, 0.25) is 5.91 Å². The van der Waals surface area contributed by atoms with Crippen molar-refractivity contribution in [3.63, 3.8) is 0 Å². The van der Waals surface area contributed by atoms with E-state index in [1.54, 1.807) is 23.5 Å². The van der Waals surface area contributed by atoms with Crippen molar-refractivity contribution in [2.24, 2.45) is 5.92 Å². The molecule has 0 unspecified atom stereocenters. The first kappa shape index (κ1) is 21.7. The van der Waals surface area contributed by atoms with Crippen LogP contribution in [-0.2, 0) is 4.79 Å². The van der Waals surface area contributed by atoms with Crippen LogP contribution in [0.25, 0.3) is 0 Å². The predicted molar refractivity (Wildman–Crippen MR) is 113 cm³/mol. The van der Waals surface area contributed by atoms with Gasteiger partial charge in [0.1, 0.15) is 6.04 Å². The van der Waals surface area contributed by atoms with Crippen LogP contribution in [0, 0.1) is 19.8 Å². The Bertz CT molecular complexity index is 849. The monoisotopic (exact) mass is 426 g/mol. The molecule has 0 spiro atoms. The maximum absolute atomic E-state index is 12.8. The van der Waals surface area contributed by atoms with E-state index < -0.39 is 11.9 Å². The Balaban J connectivity index is 2.12. The fraction of sp³-hybridized carbons (Fsp3) is 0.400. The van der Waals surface area contributed by atoms with Crippen LogP contribution in [0.1, 0.15) is 52.5 Å². The average Bonchev–Trinajstić information content (AvgIpc) is 2.90. The van der Waals surface area contributed by atoms with E-state index in [-0.39, 0.29) is 28.5 Å². The van der Waals surface area contributed by atoms with Crippen molar-refractivity contribution in [3.8, 4) is 0 Å². The quantitative estimate of drug-likeness (QED) is 0.657. The van der Waals surface area contributed by atoms with Gasteiger partial charge in [-0.25, -0.2) is 0 Å². The third kappa shape index (κ3) is 5.47. The third-order valence-corrected chi connectivity index (χ3v) is 5.85. The summed E-state index contributed by atoms with van der Waals surface area (Å²) in [5.74, 6) is -0.711. The minimum absolute atomic E-state index is 0.0856. The smallest absolute Gasteiger partial charge is 0.253 e. The molecular weight excluding hydrogens is 403 g/mol. The summed E-state index contributed by atoms with van der Waals surface area (Å²) >= 11 is 13.7. The molecule has 0 bridgehead atoms. The Morgan fingerprint density at radius 1 is 1.04 bits per heavy atom. The van der Waals surface area contributed by atoms with Crippen molar-refractivity contribution >= 4 is 46.4 Å². The zero-order chi connectivity index (χ0) is 20.3. The number of benzene rings is 1. The zero-order valence-electron chi connectivity index (χ0n) is 16.0. The molecule has 1 aromatic heterocycles. The molecule has 27 heavy (non-hydrogen) atoms. The van der Waals surface area contributed by atoms with E-state index in [1.807, 2.05) is 34.6 Å². The number of thiophene rings is 1. The van der Waals surface area contributed by atoms with Gasteiger partial charge in [0.25, 0.3) is 5.91 Å². The predicted octanol–water partition coefficient (Wildman–Crippen LogP) is 5.30. The summed E-state index contributed by atoms with van der Waals surface area (Å²) in [4.78, 5) is 27.8. The van der Waals surface area contributed by atoms with Crippen LogP contribution in [0.2, 0.25) is 10.0 Å². The van der Waals surface area contributed by atoms with Gasteiger partial charge >= 0.3 is 0 Å². The highest BCUT2D eigenvalue weighted by Gasteiger charge is 2.27. The van der Waals surface area contributed by atoms with Gasteiger partial charge < -0.3 is 10.6 Å². The van der Waals surface area contributed by atoms with E-state index in [2.05, 4.69) is 16.7 Å². The first-order valence-corrected chi connectivity index (χ1v) is 10.3. The number of halogens is 2. The molecule has 0 aliphatic carbocycles. The van der Waals surface area contributed by atoms with Gasteiger partial charge in [0.15, 0.2) is 0 Å². The first-order chi connectivity index (χ1) is 12.6. The van der Waals surface area contributed by atoms with E-state index in [1.165, 1.54) is 15.8 Å². The van der Waals surface area contributed by atoms with Gasteiger partial charge in [-0.2, -0.15) is 0 Å². The molecule has 0 aliphatic rings. The molecule has 2 aromatic rings. The maximum atomic E-state index is 12.8. The van der Waals surface area contributed by atoms with E-state index in [9.17, 15) is 9.59 Å². The van der Waals surface area contributed by atoms with Gasteiger partial charge in [-0.1, -0.05) is 37.0 Å². The summed E-state index contributed by atoms with van der Waals surface area (Å²) in [6.45, 7) is 9.81. The molecule has 0 saturated carbocycles. The van der Waals surface area contributed by atoms with Crippen LogP contribution in [-0.4, -0.2) is 17.9 Å². The van der Waals surface area contributed by atoms with Crippen molar-refractivity contribution in [1.29, 1.82) is 0 Å². The molecule has 2 N–H and O–H groups in total. The zero-order valence-corrected chi connectivity index (χ0v) is 18.4. The van der Waals surface area contributed by atoms with Crippen molar-refractivity contribution in [1.82, 2.24) is 10.6 Å². The van der Waals surface area contributed by atoms with Crippen molar-refractivity contribution in [2.45, 2.75) is 46.7 Å². The fourth-order valence-corrected chi connectivity index (χ4v) is 4.41. The van der Waals surface area contributed by atoms with Crippen LogP contribution in [0.5, 0.6) is 0 Å². The van der Waals surface area contributed by atoms with Crippen molar-refractivity contribution in [3.05, 3.63) is 55.2 Å². The van der Waals surface area contributed by atoms with E-state index >= 15 is 0 Å². The number of amides is 2. The molecule has 1 aromatic carbocycles. The van der Waals surface area contributed by atoms with Gasteiger partial charge in [-0.05, 0) is 56.5 Å². The minimum atomic E-state index is -0.674. The summed E-state index contributed by atoms with van der Waals surface area (Å²) in [6, 6.07) is 5.92. The third-order valence-electron chi connectivity index (χ3n) is 4.32. The highest BCUT2D eigenvalue weighted by Crippen LogP contribution is 2.26. The molecule has 0 aliphatic heterocycles. The summed E-state index contributed by atoms with van der Waals surface area (Å²) in [7, 11) is 0. The lowest BCUT2D eigenvalue weighted by Crippen LogP contribution is -2.50. The second-order valence-corrected chi connectivity index (χ2v) is 9.22. The Hall–Kier alpha value is -1.56. The number of nitrogens with one attached hydrogen (secondary N) is 2. The molecule has 146 valence electrons. The maximum Gasteiger partial charge on any atom is 0.253 e. The molecule has 2 atom stereocenters. The lowest BCUT2D eigenvalue weighted by atomic mass is 10.0. The lowest BCUT2D eigenvalue weighted by Gasteiger charge is -2.24. The number of hydrogen-bond donors (Lipinski definition) is 2.